The molecule has 0 N–H and O–H groups in total. The predicted octanol–water partition coefficient (Wildman–Crippen LogP) is 3.42. The molecule has 0 radical (unpaired) electrons. The first kappa shape index (κ1) is 16.8. The maximum Gasteiger partial charge on any atom is 0.260 e. The third-order valence-electron chi connectivity index (χ3n) is 6.37. The number of hydrogen-bond acceptors (Lipinski definition) is 3. The molecule has 5 nitrogen and oxygen atoms in total. The van der Waals surface area contributed by atoms with Crippen LogP contribution in [0.5, 0.6) is 0 Å². The number of fused-ring (bicyclic) bond motifs is 4. The Morgan fingerprint density at radius 1 is 1.26 bits per heavy atom. The highest BCUT2D eigenvalue weighted by atomic mass is 19.1. The molecule has 1 atom stereocenters. The third-order valence-corrected chi connectivity index (χ3v) is 6.37. The molecule has 1 amide bonds. The lowest BCUT2D eigenvalue weighted by molar-refractivity contribution is -0.137. The number of rotatable bonds is 4. The van der Waals surface area contributed by atoms with Crippen molar-refractivity contribution in [1.82, 2.24) is 14.5 Å². The molecular formula is C21H25FN4O. The normalized spacial score (nSPS) is 24.8. The SMILES string of the molecule is CCCCN1c2cccnc2-n2cccc2[C@]12CCN(C(=O)C1(F)CC1)C2. The zero-order chi connectivity index (χ0) is 18.6. The second-order valence-corrected chi connectivity index (χ2v) is 8.09. The van der Waals surface area contributed by atoms with Gasteiger partial charge in [-0.25, -0.2) is 9.37 Å². The topological polar surface area (TPSA) is 41.4 Å². The highest BCUT2D eigenvalue weighted by molar-refractivity contribution is 5.88. The van der Waals surface area contributed by atoms with Crippen molar-refractivity contribution in [2.45, 2.75) is 50.2 Å². The zero-order valence-electron chi connectivity index (χ0n) is 15.7. The van der Waals surface area contributed by atoms with E-state index in [9.17, 15) is 9.18 Å². The van der Waals surface area contributed by atoms with Crippen molar-refractivity contribution in [3.8, 4) is 5.82 Å². The predicted molar refractivity (Wildman–Crippen MR) is 102 cm³/mol. The Morgan fingerprint density at radius 3 is 2.89 bits per heavy atom. The van der Waals surface area contributed by atoms with Crippen LogP contribution >= 0.6 is 0 Å². The molecule has 0 aromatic carbocycles. The smallest absolute Gasteiger partial charge is 0.260 e. The van der Waals surface area contributed by atoms with Crippen molar-refractivity contribution in [3.05, 3.63) is 42.4 Å². The first-order valence-electron chi connectivity index (χ1n) is 9.98. The van der Waals surface area contributed by atoms with Gasteiger partial charge in [0, 0.05) is 32.0 Å². The monoisotopic (exact) mass is 368 g/mol. The van der Waals surface area contributed by atoms with E-state index in [0.29, 0.717) is 25.9 Å². The molecule has 1 saturated carbocycles. The lowest BCUT2D eigenvalue weighted by Crippen LogP contribution is -2.53. The summed E-state index contributed by atoms with van der Waals surface area (Å²) in [6.45, 7) is 4.24. The molecule has 27 heavy (non-hydrogen) atoms. The van der Waals surface area contributed by atoms with Crippen LogP contribution in [-0.4, -0.2) is 45.7 Å². The number of anilines is 1. The van der Waals surface area contributed by atoms with Crippen molar-refractivity contribution >= 4 is 11.6 Å². The molecule has 0 bridgehead atoms. The van der Waals surface area contributed by atoms with Crippen molar-refractivity contribution in [2.75, 3.05) is 24.5 Å². The van der Waals surface area contributed by atoms with E-state index in [2.05, 4.69) is 33.5 Å². The van der Waals surface area contributed by atoms with Crippen LogP contribution in [-0.2, 0) is 10.3 Å². The van der Waals surface area contributed by atoms with Crippen LogP contribution in [0.15, 0.2) is 36.7 Å². The summed E-state index contributed by atoms with van der Waals surface area (Å²) in [5.41, 5.74) is 0.347. The van der Waals surface area contributed by atoms with Gasteiger partial charge < -0.3 is 14.4 Å². The molecule has 1 aliphatic carbocycles. The van der Waals surface area contributed by atoms with Crippen molar-refractivity contribution in [2.24, 2.45) is 0 Å². The van der Waals surface area contributed by atoms with E-state index >= 15 is 0 Å². The van der Waals surface area contributed by atoms with Crippen LogP contribution in [0.2, 0.25) is 0 Å². The summed E-state index contributed by atoms with van der Waals surface area (Å²) in [5, 5.41) is 0. The van der Waals surface area contributed by atoms with Crippen LogP contribution in [0, 0.1) is 0 Å². The van der Waals surface area contributed by atoms with Gasteiger partial charge in [-0.3, -0.25) is 4.79 Å². The number of carbonyl (C=O) groups excluding carboxylic acids is 1. The molecule has 6 heteroatoms. The summed E-state index contributed by atoms with van der Waals surface area (Å²) in [4.78, 5) is 21.5. The highest BCUT2D eigenvalue weighted by Gasteiger charge is 2.57. The summed E-state index contributed by atoms with van der Waals surface area (Å²) in [7, 11) is 0. The van der Waals surface area contributed by atoms with E-state index in [1.165, 1.54) is 0 Å². The molecule has 2 aromatic rings. The molecule has 1 spiro atoms. The van der Waals surface area contributed by atoms with Gasteiger partial charge in [-0.1, -0.05) is 13.3 Å². The maximum absolute atomic E-state index is 14.5. The van der Waals surface area contributed by atoms with Crippen LogP contribution < -0.4 is 4.90 Å². The first-order valence-corrected chi connectivity index (χ1v) is 9.98. The number of nitrogens with zero attached hydrogens (tertiary/aromatic N) is 4. The standard InChI is InChI=1S/C21H25FN4O/c1-2-3-13-26-16-6-4-11-23-18(16)25-12-5-7-17(25)21(26)10-14-24(15-21)19(27)20(22)8-9-20/h4-7,11-12H,2-3,8-10,13-15H2,1H3/t21-/m1/s1. The molecule has 4 heterocycles. The Balaban J connectivity index is 1.59. The number of alkyl halides is 1. The lowest BCUT2D eigenvalue weighted by atomic mass is 9.88. The van der Waals surface area contributed by atoms with Crippen LogP contribution in [0.3, 0.4) is 0 Å². The average molecular weight is 368 g/mol. The number of pyridine rings is 1. The second kappa shape index (κ2) is 5.81. The van der Waals surface area contributed by atoms with Crippen molar-refractivity contribution < 1.29 is 9.18 Å². The summed E-state index contributed by atoms with van der Waals surface area (Å²) in [6, 6.07) is 8.26. The Labute approximate surface area is 158 Å². The summed E-state index contributed by atoms with van der Waals surface area (Å²) in [6.07, 6.45) is 7.59. The highest BCUT2D eigenvalue weighted by Crippen LogP contribution is 2.49. The molecule has 1 saturated heterocycles. The number of unbranched alkanes of at least 4 members (excludes halogenated alkanes) is 1. The van der Waals surface area contributed by atoms with E-state index in [0.717, 1.165) is 43.0 Å². The Bertz CT molecular complexity index is 890. The Hall–Kier alpha value is -2.37. The second-order valence-electron chi connectivity index (χ2n) is 8.09. The fourth-order valence-electron chi connectivity index (χ4n) is 4.75. The van der Waals surface area contributed by atoms with Gasteiger partial charge >= 0.3 is 0 Å². The van der Waals surface area contributed by atoms with Gasteiger partial charge in [0.2, 0.25) is 0 Å². The largest absolute Gasteiger partial charge is 0.355 e. The van der Waals surface area contributed by atoms with Gasteiger partial charge in [-0.2, -0.15) is 0 Å². The average Bonchev–Trinajstić information content (AvgIpc) is 3.11. The van der Waals surface area contributed by atoms with Crippen LogP contribution in [0.25, 0.3) is 5.82 Å². The number of halogens is 1. The minimum Gasteiger partial charge on any atom is -0.355 e. The molecule has 0 unspecified atom stereocenters. The summed E-state index contributed by atoms with van der Waals surface area (Å²) in [5.74, 6) is 0.623. The molecular weight excluding hydrogens is 343 g/mol. The molecule has 5 rings (SSSR count). The number of hydrogen-bond donors (Lipinski definition) is 0. The fraction of sp³-hybridized carbons (Fsp3) is 0.524. The summed E-state index contributed by atoms with van der Waals surface area (Å²) < 4.78 is 16.6. The van der Waals surface area contributed by atoms with E-state index in [1.807, 2.05) is 24.5 Å². The number of likely N-dealkylation sites (tertiary alicyclic amines) is 1. The van der Waals surface area contributed by atoms with Gasteiger partial charge in [0.05, 0.1) is 11.4 Å². The number of amides is 1. The van der Waals surface area contributed by atoms with Gasteiger partial charge in [-0.05, 0) is 49.9 Å². The van der Waals surface area contributed by atoms with Crippen LogP contribution in [0.4, 0.5) is 10.1 Å². The Morgan fingerprint density at radius 2 is 2.11 bits per heavy atom. The fourth-order valence-corrected chi connectivity index (χ4v) is 4.75. The number of aromatic nitrogens is 2. The van der Waals surface area contributed by atoms with Crippen molar-refractivity contribution in [1.29, 1.82) is 0 Å². The summed E-state index contributed by atoms with van der Waals surface area (Å²) >= 11 is 0. The molecule has 3 aliphatic rings. The van der Waals surface area contributed by atoms with E-state index in [1.54, 1.807) is 4.90 Å². The maximum atomic E-state index is 14.5. The molecule has 2 aromatic heterocycles. The van der Waals surface area contributed by atoms with E-state index in [4.69, 9.17) is 0 Å². The van der Waals surface area contributed by atoms with Gasteiger partial charge in [-0.15, -0.1) is 0 Å². The lowest BCUT2D eigenvalue weighted by Gasteiger charge is -2.47. The van der Waals surface area contributed by atoms with Gasteiger partial charge in [0.15, 0.2) is 11.5 Å². The van der Waals surface area contributed by atoms with Crippen LogP contribution in [0.1, 0.15) is 44.7 Å². The van der Waals surface area contributed by atoms with Gasteiger partial charge in [0.1, 0.15) is 5.54 Å². The van der Waals surface area contributed by atoms with E-state index in [-0.39, 0.29) is 11.4 Å². The zero-order valence-corrected chi connectivity index (χ0v) is 15.7. The van der Waals surface area contributed by atoms with Crippen molar-refractivity contribution in [3.63, 3.8) is 0 Å². The number of carbonyl (C=O) groups is 1. The molecule has 2 aliphatic heterocycles. The Kier molecular flexibility index (Phi) is 3.61. The molecule has 2 fully saturated rings. The van der Waals surface area contributed by atoms with Gasteiger partial charge in [0.25, 0.3) is 5.91 Å². The first-order chi connectivity index (χ1) is 13.1. The quantitative estimate of drug-likeness (QED) is 0.830. The minimum absolute atomic E-state index is 0.310. The van der Waals surface area contributed by atoms with E-state index < -0.39 is 5.67 Å². The molecule has 142 valence electrons. The minimum atomic E-state index is -1.60. The third kappa shape index (κ3) is 2.35.